The molecule has 5 nitrogen and oxygen atoms in total. The van der Waals surface area contributed by atoms with E-state index in [9.17, 15) is 9.59 Å². The largest absolute Gasteiger partial charge is 0.382 e. The first-order valence-corrected chi connectivity index (χ1v) is 9.91. The molecule has 0 aliphatic heterocycles. The number of carbonyl (C=O) groups is 2. The lowest BCUT2D eigenvalue weighted by Crippen LogP contribution is -2.25. The van der Waals surface area contributed by atoms with Crippen molar-refractivity contribution in [2.24, 2.45) is 0 Å². The van der Waals surface area contributed by atoms with Crippen LogP contribution in [0.4, 0.5) is 5.69 Å². The van der Waals surface area contributed by atoms with Gasteiger partial charge >= 0.3 is 0 Å². The third-order valence-electron chi connectivity index (χ3n) is 4.26. The van der Waals surface area contributed by atoms with Crippen LogP contribution in [-0.2, 0) is 4.74 Å². The summed E-state index contributed by atoms with van der Waals surface area (Å²) in [5, 5.41) is 7.75. The maximum absolute atomic E-state index is 12.6. The summed E-state index contributed by atoms with van der Waals surface area (Å²) in [7, 11) is 0. The van der Waals surface area contributed by atoms with Crippen molar-refractivity contribution in [2.45, 2.75) is 32.1 Å². The van der Waals surface area contributed by atoms with E-state index in [1.54, 1.807) is 24.3 Å². The minimum atomic E-state index is -0.146. The van der Waals surface area contributed by atoms with Gasteiger partial charge in [-0.15, -0.1) is 11.3 Å². The minimum absolute atomic E-state index is 0.101. The van der Waals surface area contributed by atoms with Crippen molar-refractivity contribution in [3.63, 3.8) is 0 Å². The Labute approximate surface area is 157 Å². The quantitative estimate of drug-likeness (QED) is 0.653. The number of ether oxygens (including phenoxy) is 1. The zero-order valence-corrected chi connectivity index (χ0v) is 15.7. The Bertz CT molecular complexity index is 768. The van der Waals surface area contributed by atoms with Gasteiger partial charge in [-0.2, -0.15) is 0 Å². The first-order chi connectivity index (χ1) is 12.7. The van der Waals surface area contributed by atoms with Crippen molar-refractivity contribution >= 4 is 28.8 Å². The van der Waals surface area contributed by atoms with E-state index >= 15 is 0 Å². The van der Waals surface area contributed by atoms with Crippen molar-refractivity contribution < 1.29 is 14.3 Å². The Hall–Kier alpha value is -2.18. The van der Waals surface area contributed by atoms with E-state index in [-0.39, 0.29) is 11.8 Å². The SMILES string of the molecule is CCOCCCNC(=O)c1cccc(NC(=O)c2sccc2C2CC2)c1. The molecule has 0 radical (unpaired) electrons. The summed E-state index contributed by atoms with van der Waals surface area (Å²) in [4.78, 5) is 25.6. The number of hydrogen-bond acceptors (Lipinski definition) is 4. The fourth-order valence-electron chi connectivity index (χ4n) is 2.77. The van der Waals surface area contributed by atoms with Gasteiger partial charge in [-0.05, 0) is 67.3 Å². The van der Waals surface area contributed by atoms with E-state index in [0.29, 0.717) is 36.9 Å². The molecule has 1 aromatic heterocycles. The molecule has 138 valence electrons. The van der Waals surface area contributed by atoms with E-state index in [0.717, 1.165) is 29.7 Å². The Morgan fingerprint density at radius 1 is 1.23 bits per heavy atom. The van der Waals surface area contributed by atoms with Crippen molar-refractivity contribution in [1.29, 1.82) is 0 Å². The molecule has 3 rings (SSSR count). The van der Waals surface area contributed by atoms with Crippen LogP contribution in [0.3, 0.4) is 0 Å². The number of carbonyl (C=O) groups excluding carboxylic acids is 2. The first-order valence-electron chi connectivity index (χ1n) is 9.03. The van der Waals surface area contributed by atoms with E-state index in [2.05, 4.69) is 10.6 Å². The van der Waals surface area contributed by atoms with Crippen LogP contribution < -0.4 is 10.6 Å². The van der Waals surface area contributed by atoms with Crippen molar-refractivity contribution in [2.75, 3.05) is 25.1 Å². The molecular formula is C20H24N2O3S. The lowest BCUT2D eigenvalue weighted by molar-refractivity contribution is 0.0943. The van der Waals surface area contributed by atoms with Gasteiger partial charge in [0, 0.05) is 31.0 Å². The van der Waals surface area contributed by atoms with Gasteiger partial charge in [0.2, 0.25) is 0 Å². The van der Waals surface area contributed by atoms with Gasteiger partial charge < -0.3 is 15.4 Å². The average molecular weight is 372 g/mol. The molecule has 1 heterocycles. The van der Waals surface area contributed by atoms with Crippen LogP contribution in [0.25, 0.3) is 0 Å². The molecule has 0 atom stereocenters. The highest BCUT2D eigenvalue weighted by Crippen LogP contribution is 2.43. The van der Waals surface area contributed by atoms with Gasteiger partial charge in [0.05, 0.1) is 4.88 Å². The average Bonchev–Trinajstić information content (AvgIpc) is 3.37. The van der Waals surface area contributed by atoms with Crippen LogP contribution in [0, 0.1) is 0 Å². The van der Waals surface area contributed by atoms with Crippen molar-refractivity contribution in [3.8, 4) is 0 Å². The summed E-state index contributed by atoms with van der Waals surface area (Å²) in [6.07, 6.45) is 3.10. The van der Waals surface area contributed by atoms with Crippen LogP contribution in [-0.4, -0.2) is 31.6 Å². The highest BCUT2D eigenvalue weighted by molar-refractivity contribution is 7.12. The fourth-order valence-corrected chi connectivity index (χ4v) is 3.65. The molecule has 1 aliphatic rings. The number of rotatable bonds is 9. The van der Waals surface area contributed by atoms with E-state index < -0.39 is 0 Å². The Kier molecular flexibility index (Phi) is 6.41. The molecule has 1 aromatic carbocycles. The molecule has 0 saturated heterocycles. The summed E-state index contributed by atoms with van der Waals surface area (Å²) >= 11 is 1.47. The minimum Gasteiger partial charge on any atom is -0.382 e. The van der Waals surface area contributed by atoms with Crippen molar-refractivity contribution in [3.05, 3.63) is 51.7 Å². The third kappa shape index (κ3) is 4.93. The van der Waals surface area contributed by atoms with Crippen LogP contribution >= 0.6 is 11.3 Å². The molecule has 0 bridgehead atoms. The summed E-state index contributed by atoms with van der Waals surface area (Å²) in [6, 6.07) is 9.08. The zero-order chi connectivity index (χ0) is 18.4. The topological polar surface area (TPSA) is 67.4 Å². The number of hydrogen-bond donors (Lipinski definition) is 2. The van der Waals surface area contributed by atoms with E-state index in [1.165, 1.54) is 11.3 Å². The Balaban J connectivity index is 1.57. The predicted molar refractivity (Wildman–Crippen MR) is 104 cm³/mol. The lowest BCUT2D eigenvalue weighted by Gasteiger charge is -2.09. The highest BCUT2D eigenvalue weighted by Gasteiger charge is 2.28. The van der Waals surface area contributed by atoms with Gasteiger partial charge in [0.15, 0.2) is 0 Å². The zero-order valence-electron chi connectivity index (χ0n) is 14.9. The van der Waals surface area contributed by atoms with Gasteiger partial charge in [-0.25, -0.2) is 0 Å². The smallest absolute Gasteiger partial charge is 0.266 e. The van der Waals surface area contributed by atoms with Gasteiger partial charge in [0.25, 0.3) is 11.8 Å². The normalized spacial score (nSPS) is 13.4. The van der Waals surface area contributed by atoms with E-state index in [4.69, 9.17) is 4.74 Å². The number of nitrogens with one attached hydrogen (secondary N) is 2. The lowest BCUT2D eigenvalue weighted by atomic mass is 10.1. The molecule has 6 heteroatoms. The molecule has 0 spiro atoms. The van der Waals surface area contributed by atoms with Crippen LogP contribution in [0.1, 0.15) is 57.7 Å². The fraction of sp³-hybridized carbons (Fsp3) is 0.400. The third-order valence-corrected chi connectivity index (χ3v) is 5.19. The molecule has 1 saturated carbocycles. The molecule has 2 aromatic rings. The standard InChI is InChI=1S/C20H24N2O3S/c1-2-25-11-4-10-21-19(23)15-5-3-6-16(13-15)22-20(24)18-17(9-12-26-18)14-7-8-14/h3,5-6,9,12-14H,2,4,7-8,10-11H2,1H3,(H,21,23)(H,22,24). The maximum atomic E-state index is 12.6. The van der Waals surface area contributed by atoms with E-state index in [1.807, 2.05) is 18.4 Å². The maximum Gasteiger partial charge on any atom is 0.266 e. The highest BCUT2D eigenvalue weighted by atomic mass is 32.1. The number of anilines is 1. The molecule has 1 fully saturated rings. The number of amides is 2. The molecular weight excluding hydrogens is 348 g/mol. The van der Waals surface area contributed by atoms with Crippen LogP contribution in [0.2, 0.25) is 0 Å². The van der Waals surface area contributed by atoms with Gasteiger partial charge in [0.1, 0.15) is 0 Å². The Morgan fingerprint density at radius 2 is 2.08 bits per heavy atom. The van der Waals surface area contributed by atoms with Crippen molar-refractivity contribution in [1.82, 2.24) is 5.32 Å². The van der Waals surface area contributed by atoms with Crippen LogP contribution in [0.15, 0.2) is 35.7 Å². The van der Waals surface area contributed by atoms with Gasteiger partial charge in [-0.3, -0.25) is 9.59 Å². The number of thiophene rings is 1. The second-order valence-corrected chi connectivity index (χ2v) is 7.24. The second kappa shape index (κ2) is 8.96. The molecule has 2 N–H and O–H groups in total. The number of benzene rings is 1. The summed E-state index contributed by atoms with van der Waals surface area (Å²) in [6.45, 7) is 3.83. The molecule has 26 heavy (non-hydrogen) atoms. The molecule has 0 unspecified atom stereocenters. The summed E-state index contributed by atoms with van der Waals surface area (Å²) in [5.41, 5.74) is 2.32. The molecule has 2 amide bonds. The molecule has 1 aliphatic carbocycles. The van der Waals surface area contributed by atoms with Crippen LogP contribution in [0.5, 0.6) is 0 Å². The summed E-state index contributed by atoms with van der Waals surface area (Å²) in [5.74, 6) is 0.291. The summed E-state index contributed by atoms with van der Waals surface area (Å²) < 4.78 is 5.25. The Morgan fingerprint density at radius 3 is 2.85 bits per heavy atom. The van der Waals surface area contributed by atoms with Gasteiger partial charge in [-0.1, -0.05) is 6.07 Å². The second-order valence-electron chi connectivity index (χ2n) is 6.32. The first kappa shape index (κ1) is 18.6. The monoisotopic (exact) mass is 372 g/mol. The predicted octanol–water partition coefficient (Wildman–Crippen LogP) is 4.03.